The van der Waals surface area contributed by atoms with Crippen LogP contribution < -0.4 is 10.9 Å². The minimum atomic E-state index is 0.0625. The van der Waals surface area contributed by atoms with E-state index in [1.54, 1.807) is 11.8 Å². The predicted octanol–water partition coefficient (Wildman–Crippen LogP) is 2.76. The smallest absolute Gasteiger partial charge is 0.234 e. The molecule has 100 valence electrons. The summed E-state index contributed by atoms with van der Waals surface area (Å²) in [5.74, 6) is 0.982. The van der Waals surface area contributed by atoms with E-state index in [-0.39, 0.29) is 11.9 Å². The van der Waals surface area contributed by atoms with Crippen molar-refractivity contribution in [3.8, 4) is 0 Å². The van der Waals surface area contributed by atoms with Gasteiger partial charge in [0.25, 0.3) is 0 Å². The summed E-state index contributed by atoms with van der Waals surface area (Å²) in [5.41, 5.74) is 6.81. The van der Waals surface area contributed by atoms with E-state index in [1.165, 1.54) is 10.5 Å². The summed E-state index contributed by atoms with van der Waals surface area (Å²) < 4.78 is 0. The van der Waals surface area contributed by atoms with Crippen LogP contribution in [0.1, 0.15) is 18.4 Å². The maximum Gasteiger partial charge on any atom is 0.234 e. The molecule has 3 nitrogen and oxygen atoms in total. The Morgan fingerprint density at radius 2 is 2.37 bits per heavy atom. The Hall–Kier alpha value is -1.52. The molecule has 1 aliphatic heterocycles. The Morgan fingerprint density at radius 1 is 1.47 bits per heavy atom. The maximum absolute atomic E-state index is 11.0. The van der Waals surface area contributed by atoms with Crippen LogP contribution in [0.3, 0.4) is 0 Å². The summed E-state index contributed by atoms with van der Waals surface area (Å²) in [7, 11) is 0. The second-order valence-corrected chi connectivity index (χ2v) is 5.46. The number of rotatable bonds is 5. The van der Waals surface area contributed by atoms with Crippen molar-refractivity contribution < 1.29 is 4.79 Å². The molecule has 1 aromatic rings. The Kier molecular flexibility index (Phi) is 5.24. The van der Waals surface area contributed by atoms with Gasteiger partial charge in [-0.25, -0.2) is 5.43 Å². The minimum Gasteiger partial charge on any atom is -0.291 e. The third-order valence-corrected chi connectivity index (χ3v) is 3.82. The van der Waals surface area contributed by atoms with Gasteiger partial charge in [-0.2, -0.15) is 0 Å². The van der Waals surface area contributed by atoms with Crippen LogP contribution in [0.4, 0.5) is 0 Å². The largest absolute Gasteiger partial charge is 0.291 e. The van der Waals surface area contributed by atoms with Gasteiger partial charge in [-0.3, -0.25) is 10.2 Å². The lowest BCUT2D eigenvalue weighted by Gasteiger charge is -2.20. The zero-order chi connectivity index (χ0) is 13.5. The van der Waals surface area contributed by atoms with Crippen LogP contribution in [0.15, 0.2) is 47.9 Å². The summed E-state index contributed by atoms with van der Waals surface area (Å²) in [5, 5.41) is 0. The highest BCUT2D eigenvalue weighted by Crippen LogP contribution is 2.20. The number of hydrogen-bond acceptors (Lipinski definition) is 3. The van der Waals surface area contributed by atoms with E-state index in [0.717, 1.165) is 12.2 Å². The zero-order valence-electron chi connectivity index (χ0n) is 10.8. The fraction of sp³-hybridized carbons (Fsp3) is 0.267. The number of hydrogen-bond donors (Lipinski definition) is 2. The molecule has 1 unspecified atom stereocenters. The van der Waals surface area contributed by atoms with E-state index in [1.807, 2.05) is 6.08 Å². The van der Waals surface area contributed by atoms with E-state index in [4.69, 9.17) is 0 Å². The quantitative estimate of drug-likeness (QED) is 0.641. The number of carbonyl (C=O) groups excluding carboxylic acids is 1. The molecule has 2 N–H and O–H groups in total. The zero-order valence-corrected chi connectivity index (χ0v) is 11.6. The molecule has 1 heterocycles. The topological polar surface area (TPSA) is 41.1 Å². The standard InChI is InChI=1S/C15H18N2OS/c1-2-10-19-14-5-3-4-12(11-14)6-7-13-8-9-15(18)17-16-13/h2-7,11,13,16H,1,8-10H2,(H,17,18)/b7-6+. The number of benzene rings is 1. The second-order valence-electron chi connectivity index (χ2n) is 4.37. The van der Waals surface area contributed by atoms with E-state index in [0.29, 0.717) is 6.42 Å². The molecule has 1 atom stereocenters. The highest BCUT2D eigenvalue weighted by Gasteiger charge is 2.14. The van der Waals surface area contributed by atoms with Crippen molar-refractivity contribution in [1.29, 1.82) is 0 Å². The van der Waals surface area contributed by atoms with Gasteiger partial charge in [-0.15, -0.1) is 18.3 Å². The van der Waals surface area contributed by atoms with Crippen molar-refractivity contribution >= 4 is 23.7 Å². The number of carbonyl (C=O) groups is 1. The lowest BCUT2D eigenvalue weighted by molar-refractivity contribution is -0.123. The minimum absolute atomic E-state index is 0.0625. The monoisotopic (exact) mass is 274 g/mol. The van der Waals surface area contributed by atoms with Crippen LogP contribution in [0.2, 0.25) is 0 Å². The van der Waals surface area contributed by atoms with Crippen LogP contribution >= 0.6 is 11.8 Å². The molecule has 1 saturated heterocycles. The molecule has 1 aromatic carbocycles. The van der Waals surface area contributed by atoms with Crippen molar-refractivity contribution in [2.45, 2.75) is 23.8 Å². The number of hydrazine groups is 1. The molecule has 1 fully saturated rings. The fourth-order valence-electron chi connectivity index (χ4n) is 1.83. The third-order valence-electron chi connectivity index (χ3n) is 2.83. The Labute approximate surface area is 118 Å². The van der Waals surface area contributed by atoms with Gasteiger partial charge < -0.3 is 0 Å². The molecule has 0 aromatic heterocycles. The van der Waals surface area contributed by atoms with Crippen molar-refractivity contribution in [2.75, 3.05) is 5.75 Å². The lowest BCUT2D eigenvalue weighted by Crippen LogP contribution is -2.48. The van der Waals surface area contributed by atoms with Gasteiger partial charge >= 0.3 is 0 Å². The average molecular weight is 274 g/mol. The molecule has 0 aliphatic carbocycles. The summed E-state index contributed by atoms with van der Waals surface area (Å²) >= 11 is 1.77. The lowest BCUT2D eigenvalue weighted by atomic mass is 10.1. The maximum atomic E-state index is 11.0. The van der Waals surface area contributed by atoms with Crippen molar-refractivity contribution in [2.24, 2.45) is 0 Å². The van der Waals surface area contributed by atoms with E-state index >= 15 is 0 Å². The van der Waals surface area contributed by atoms with Crippen molar-refractivity contribution in [3.63, 3.8) is 0 Å². The third kappa shape index (κ3) is 4.58. The van der Waals surface area contributed by atoms with E-state index in [2.05, 4.69) is 53.8 Å². The van der Waals surface area contributed by atoms with Gasteiger partial charge in [0.1, 0.15) is 0 Å². The number of amides is 1. The van der Waals surface area contributed by atoms with Crippen LogP contribution in [-0.4, -0.2) is 17.7 Å². The molecular weight excluding hydrogens is 256 g/mol. The second kappa shape index (κ2) is 7.16. The summed E-state index contributed by atoms with van der Waals surface area (Å²) in [6.45, 7) is 3.72. The van der Waals surface area contributed by atoms with Gasteiger partial charge in [0.15, 0.2) is 0 Å². The summed E-state index contributed by atoms with van der Waals surface area (Å²) in [6, 6.07) is 8.61. The highest BCUT2D eigenvalue weighted by molar-refractivity contribution is 7.99. The molecule has 0 saturated carbocycles. The first kappa shape index (κ1) is 13.9. The molecule has 1 amide bonds. The van der Waals surface area contributed by atoms with E-state index in [9.17, 15) is 4.79 Å². The number of nitrogens with one attached hydrogen (secondary N) is 2. The van der Waals surface area contributed by atoms with E-state index < -0.39 is 0 Å². The molecule has 2 rings (SSSR count). The molecule has 19 heavy (non-hydrogen) atoms. The first-order valence-corrected chi connectivity index (χ1v) is 7.33. The van der Waals surface area contributed by atoms with Crippen LogP contribution in [0.25, 0.3) is 6.08 Å². The molecule has 0 spiro atoms. The molecule has 4 heteroatoms. The molecular formula is C15H18N2OS. The number of thioether (sulfide) groups is 1. The van der Waals surface area contributed by atoms with Gasteiger partial charge in [0.05, 0.1) is 0 Å². The molecule has 0 bridgehead atoms. The molecule has 1 aliphatic rings. The van der Waals surface area contributed by atoms with Crippen LogP contribution in [0.5, 0.6) is 0 Å². The normalized spacial score (nSPS) is 19.4. The van der Waals surface area contributed by atoms with Crippen LogP contribution in [0, 0.1) is 0 Å². The predicted molar refractivity (Wildman–Crippen MR) is 80.7 cm³/mol. The highest BCUT2D eigenvalue weighted by atomic mass is 32.2. The Morgan fingerprint density at radius 3 is 3.11 bits per heavy atom. The van der Waals surface area contributed by atoms with Gasteiger partial charge in [-0.1, -0.05) is 30.4 Å². The molecule has 0 radical (unpaired) electrons. The first-order chi connectivity index (χ1) is 9.28. The van der Waals surface area contributed by atoms with Crippen LogP contribution in [-0.2, 0) is 4.79 Å². The summed E-state index contributed by atoms with van der Waals surface area (Å²) in [6.07, 6.45) is 7.51. The van der Waals surface area contributed by atoms with Gasteiger partial charge in [0.2, 0.25) is 5.91 Å². The summed E-state index contributed by atoms with van der Waals surface area (Å²) in [4.78, 5) is 12.3. The Bertz CT molecular complexity index is 475. The SMILES string of the molecule is C=CCSc1cccc(/C=C/C2CCC(=O)NN2)c1. The Balaban J connectivity index is 1.94. The first-order valence-electron chi connectivity index (χ1n) is 6.34. The fourth-order valence-corrected chi connectivity index (χ4v) is 2.53. The van der Waals surface area contributed by atoms with Gasteiger partial charge in [-0.05, 0) is 24.1 Å². The average Bonchev–Trinajstić information content (AvgIpc) is 2.45. The van der Waals surface area contributed by atoms with Gasteiger partial charge in [0, 0.05) is 23.1 Å². The van der Waals surface area contributed by atoms with Crippen molar-refractivity contribution in [1.82, 2.24) is 10.9 Å². The van der Waals surface area contributed by atoms with Crippen molar-refractivity contribution in [3.05, 3.63) is 48.6 Å².